The zero-order chi connectivity index (χ0) is 20.9. The lowest BCUT2D eigenvalue weighted by Crippen LogP contribution is -2.27. The molecule has 1 aliphatic rings. The highest BCUT2D eigenvalue weighted by molar-refractivity contribution is 7.85. The molecule has 2 rings (SSSR count). The number of rotatable bonds is 9. The van der Waals surface area contributed by atoms with Gasteiger partial charge in [0.25, 0.3) is 10.1 Å². The third-order valence-corrected chi connectivity index (χ3v) is 6.19. The van der Waals surface area contributed by atoms with Crippen molar-refractivity contribution in [2.24, 2.45) is 0 Å². The SMILES string of the molecule is C/C=C/C=C1/N(CCCCCC(=O)CC)c2ccc(S(=O)(=O)O)cc2C1(C)C. The van der Waals surface area contributed by atoms with Gasteiger partial charge in [-0.05, 0) is 49.6 Å². The summed E-state index contributed by atoms with van der Waals surface area (Å²) in [5.74, 6) is 0.305. The van der Waals surface area contributed by atoms with Crippen LogP contribution in [0.1, 0.15) is 65.4 Å². The number of hydrogen-bond acceptors (Lipinski definition) is 4. The fraction of sp³-hybridized carbons (Fsp3) is 0.500. The normalized spacial score (nSPS) is 17.5. The van der Waals surface area contributed by atoms with E-state index in [1.165, 1.54) is 6.07 Å². The number of allylic oxidation sites excluding steroid dienone is 4. The summed E-state index contributed by atoms with van der Waals surface area (Å²) in [6.07, 6.45) is 10.1. The summed E-state index contributed by atoms with van der Waals surface area (Å²) in [5.41, 5.74) is 2.57. The largest absolute Gasteiger partial charge is 0.344 e. The van der Waals surface area contributed by atoms with Crippen LogP contribution in [0.5, 0.6) is 0 Å². The monoisotopic (exact) mass is 405 g/mol. The number of benzene rings is 1. The molecule has 0 aromatic heterocycles. The van der Waals surface area contributed by atoms with E-state index >= 15 is 0 Å². The summed E-state index contributed by atoms with van der Waals surface area (Å²) in [6, 6.07) is 4.81. The zero-order valence-corrected chi connectivity index (χ0v) is 18.1. The van der Waals surface area contributed by atoms with Crippen molar-refractivity contribution >= 4 is 21.6 Å². The molecule has 1 N–H and O–H groups in total. The highest BCUT2D eigenvalue weighted by Crippen LogP contribution is 2.48. The minimum atomic E-state index is -4.25. The third-order valence-electron chi connectivity index (χ3n) is 5.34. The lowest BCUT2D eigenvalue weighted by Gasteiger charge is -2.27. The van der Waals surface area contributed by atoms with E-state index in [-0.39, 0.29) is 10.3 Å². The van der Waals surface area contributed by atoms with Gasteiger partial charge in [0.1, 0.15) is 5.78 Å². The van der Waals surface area contributed by atoms with Gasteiger partial charge in [-0.3, -0.25) is 9.35 Å². The van der Waals surface area contributed by atoms with Gasteiger partial charge in [-0.1, -0.05) is 39.3 Å². The van der Waals surface area contributed by atoms with Crippen molar-refractivity contribution in [3.63, 3.8) is 0 Å². The number of fused-ring (bicyclic) bond motifs is 1. The van der Waals surface area contributed by atoms with Gasteiger partial charge in [0.05, 0.1) is 4.90 Å². The van der Waals surface area contributed by atoms with Gasteiger partial charge in [0.15, 0.2) is 0 Å². The zero-order valence-electron chi connectivity index (χ0n) is 17.2. The molecule has 0 radical (unpaired) electrons. The Hall–Kier alpha value is -1.92. The number of Topliss-reactive ketones (excluding diaryl/α,β-unsaturated/α-hetero) is 1. The minimum Gasteiger partial charge on any atom is -0.344 e. The Morgan fingerprint density at radius 3 is 2.54 bits per heavy atom. The van der Waals surface area contributed by atoms with Crippen LogP contribution >= 0.6 is 0 Å². The predicted molar refractivity (Wildman–Crippen MR) is 113 cm³/mol. The first kappa shape index (κ1) is 22.4. The van der Waals surface area contributed by atoms with Crippen LogP contribution in [0.4, 0.5) is 5.69 Å². The van der Waals surface area contributed by atoms with Crippen LogP contribution < -0.4 is 4.90 Å². The molecule has 1 heterocycles. The molecule has 1 aliphatic heterocycles. The maximum atomic E-state index is 11.6. The molecule has 0 unspecified atom stereocenters. The van der Waals surface area contributed by atoms with Gasteiger partial charge in [-0.2, -0.15) is 8.42 Å². The van der Waals surface area contributed by atoms with Crippen LogP contribution in [0.2, 0.25) is 0 Å². The third kappa shape index (κ3) is 4.92. The Bertz CT molecular complexity index is 882. The number of nitrogens with zero attached hydrogens (tertiary/aromatic N) is 1. The van der Waals surface area contributed by atoms with Crippen molar-refractivity contribution in [2.75, 3.05) is 11.4 Å². The smallest absolute Gasteiger partial charge is 0.294 e. The van der Waals surface area contributed by atoms with Crippen molar-refractivity contribution in [2.45, 2.75) is 70.1 Å². The molecule has 0 atom stereocenters. The van der Waals surface area contributed by atoms with Gasteiger partial charge in [-0.15, -0.1) is 0 Å². The average Bonchev–Trinajstić information content (AvgIpc) is 2.85. The van der Waals surface area contributed by atoms with Gasteiger partial charge in [0, 0.05) is 36.2 Å². The quantitative estimate of drug-likeness (QED) is 0.461. The number of unbranched alkanes of at least 4 members (excludes halogenated alkanes) is 2. The van der Waals surface area contributed by atoms with Crippen LogP contribution in [-0.2, 0) is 20.3 Å². The molecule has 28 heavy (non-hydrogen) atoms. The summed E-state index contributed by atoms with van der Waals surface area (Å²) < 4.78 is 32.6. The molecule has 0 fully saturated rings. The molecule has 0 saturated heterocycles. The van der Waals surface area contributed by atoms with E-state index in [0.29, 0.717) is 18.6 Å². The second-order valence-electron chi connectivity index (χ2n) is 7.71. The fourth-order valence-electron chi connectivity index (χ4n) is 3.69. The molecule has 0 saturated carbocycles. The molecular weight excluding hydrogens is 374 g/mol. The Labute approximate surface area is 168 Å². The maximum Gasteiger partial charge on any atom is 0.294 e. The lowest BCUT2D eigenvalue weighted by molar-refractivity contribution is -0.118. The van der Waals surface area contributed by atoms with Crippen LogP contribution in [-0.4, -0.2) is 25.3 Å². The first-order valence-corrected chi connectivity index (χ1v) is 11.3. The summed E-state index contributed by atoms with van der Waals surface area (Å²) in [6.45, 7) is 8.78. The summed E-state index contributed by atoms with van der Waals surface area (Å²) in [7, 11) is -4.25. The standard InChI is InChI=1S/C22H31NO4S/c1-5-7-12-21-22(3,4)19-16-18(28(25,26)27)13-14-20(19)23(21)15-10-8-9-11-17(24)6-2/h5,7,12-14,16H,6,8-11,15H2,1-4H3,(H,25,26,27)/b7-5+,21-12+. The van der Waals surface area contributed by atoms with Gasteiger partial charge >= 0.3 is 0 Å². The number of ketones is 1. The minimum absolute atomic E-state index is 0.0790. The number of carbonyl (C=O) groups excluding carboxylic acids is 1. The van der Waals surface area contributed by atoms with Crippen LogP contribution in [0.15, 0.2) is 47.0 Å². The summed E-state index contributed by atoms with van der Waals surface area (Å²) >= 11 is 0. The Morgan fingerprint density at radius 1 is 1.21 bits per heavy atom. The Morgan fingerprint density at radius 2 is 1.93 bits per heavy atom. The summed E-state index contributed by atoms with van der Waals surface area (Å²) in [4.78, 5) is 13.6. The molecule has 6 heteroatoms. The van der Waals surface area contributed by atoms with Gasteiger partial charge < -0.3 is 4.90 Å². The molecule has 154 valence electrons. The average molecular weight is 406 g/mol. The first-order chi connectivity index (χ1) is 13.1. The van der Waals surface area contributed by atoms with E-state index in [2.05, 4.69) is 24.8 Å². The fourth-order valence-corrected chi connectivity index (χ4v) is 4.20. The van der Waals surface area contributed by atoms with Crippen molar-refractivity contribution in [3.8, 4) is 0 Å². The number of anilines is 1. The molecule has 1 aromatic carbocycles. The van der Waals surface area contributed by atoms with Crippen molar-refractivity contribution < 1.29 is 17.8 Å². The second-order valence-corrected chi connectivity index (χ2v) is 9.13. The lowest BCUT2D eigenvalue weighted by atomic mass is 9.83. The van der Waals surface area contributed by atoms with Crippen molar-refractivity contribution in [1.82, 2.24) is 0 Å². The highest BCUT2D eigenvalue weighted by Gasteiger charge is 2.40. The number of carbonyl (C=O) groups is 1. The van der Waals surface area contributed by atoms with Crippen LogP contribution in [0.25, 0.3) is 0 Å². The summed E-state index contributed by atoms with van der Waals surface area (Å²) in [5, 5.41) is 0. The van der Waals surface area contributed by atoms with Crippen molar-refractivity contribution in [1.29, 1.82) is 0 Å². The van der Waals surface area contributed by atoms with E-state index in [1.807, 2.05) is 26.0 Å². The van der Waals surface area contributed by atoms with E-state index in [4.69, 9.17) is 0 Å². The van der Waals surface area contributed by atoms with Crippen LogP contribution in [0, 0.1) is 0 Å². The molecule has 0 amide bonds. The van der Waals surface area contributed by atoms with E-state index < -0.39 is 10.1 Å². The topological polar surface area (TPSA) is 74.7 Å². The molecule has 5 nitrogen and oxygen atoms in total. The van der Waals surface area contributed by atoms with Crippen molar-refractivity contribution in [3.05, 3.63) is 47.7 Å². The van der Waals surface area contributed by atoms with Crippen LogP contribution in [0.3, 0.4) is 0 Å². The van der Waals surface area contributed by atoms with Gasteiger partial charge in [-0.25, -0.2) is 0 Å². The molecule has 0 aliphatic carbocycles. The molecule has 1 aromatic rings. The molecular formula is C22H31NO4S. The molecule has 0 spiro atoms. The highest BCUT2D eigenvalue weighted by atomic mass is 32.2. The second kappa shape index (κ2) is 9.05. The van der Waals surface area contributed by atoms with E-state index in [0.717, 1.165) is 42.8 Å². The number of hydrogen-bond donors (Lipinski definition) is 1. The Balaban J connectivity index is 2.29. The predicted octanol–water partition coefficient (Wildman–Crippen LogP) is 5.03. The van der Waals surface area contributed by atoms with E-state index in [1.54, 1.807) is 12.1 Å². The van der Waals surface area contributed by atoms with Gasteiger partial charge in [0.2, 0.25) is 0 Å². The van der Waals surface area contributed by atoms with E-state index in [9.17, 15) is 17.8 Å². The maximum absolute atomic E-state index is 11.6. The first-order valence-electron chi connectivity index (χ1n) is 9.87. The molecule has 0 bridgehead atoms. The Kier molecular flexibility index (Phi) is 7.23.